The van der Waals surface area contributed by atoms with Gasteiger partial charge in [-0.15, -0.1) is 11.8 Å². The van der Waals surface area contributed by atoms with E-state index in [1.54, 1.807) is 18.8 Å². The molecule has 0 bridgehead atoms. The zero-order chi connectivity index (χ0) is 15.8. The Balaban J connectivity index is 1.59. The molecule has 22 heavy (non-hydrogen) atoms. The number of carbonyl (C=O) groups excluding carboxylic acids is 1. The summed E-state index contributed by atoms with van der Waals surface area (Å²) >= 11 is 7.57. The van der Waals surface area contributed by atoms with Gasteiger partial charge in [-0.2, -0.15) is 4.98 Å². The topological polar surface area (TPSA) is 71.3 Å². The van der Waals surface area contributed by atoms with Crippen LogP contribution in [0.25, 0.3) is 0 Å². The van der Waals surface area contributed by atoms with Gasteiger partial charge in [-0.25, -0.2) is 4.79 Å². The average Bonchev–Trinajstić information content (AvgIpc) is 3.01. The lowest BCUT2D eigenvalue weighted by Crippen LogP contribution is -2.37. The van der Waals surface area contributed by atoms with Crippen molar-refractivity contribution in [1.82, 2.24) is 20.4 Å². The standard InChI is InChI=1S/C14H17ClN4O2S/c1-19(9-13-17-10-21-18-13)14(20)16-7-2-8-22-12-5-3-11(15)4-6-12/h3-6,10H,2,7-9H2,1H3,(H,16,20). The Kier molecular flexibility index (Phi) is 6.54. The molecule has 0 atom stereocenters. The number of hydrogen-bond donors (Lipinski definition) is 1. The van der Waals surface area contributed by atoms with Crippen molar-refractivity contribution in [3.8, 4) is 0 Å². The number of benzene rings is 1. The van der Waals surface area contributed by atoms with Gasteiger partial charge in [0.2, 0.25) is 6.39 Å². The van der Waals surface area contributed by atoms with Crippen LogP contribution in [0.2, 0.25) is 5.02 Å². The van der Waals surface area contributed by atoms with Crippen LogP contribution in [0.1, 0.15) is 12.2 Å². The van der Waals surface area contributed by atoms with Gasteiger partial charge in [0.1, 0.15) is 0 Å². The third-order valence-corrected chi connectivity index (χ3v) is 4.16. The Morgan fingerprint density at radius 2 is 2.18 bits per heavy atom. The fourth-order valence-corrected chi connectivity index (χ4v) is 2.65. The number of carbonyl (C=O) groups is 1. The number of hydrogen-bond acceptors (Lipinski definition) is 5. The molecule has 0 saturated heterocycles. The summed E-state index contributed by atoms with van der Waals surface area (Å²) in [7, 11) is 1.69. The maximum absolute atomic E-state index is 11.8. The minimum atomic E-state index is -0.152. The second kappa shape index (κ2) is 8.65. The van der Waals surface area contributed by atoms with Crippen LogP contribution in [0.3, 0.4) is 0 Å². The van der Waals surface area contributed by atoms with E-state index in [9.17, 15) is 4.79 Å². The van der Waals surface area contributed by atoms with Gasteiger partial charge in [-0.3, -0.25) is 0 Å². The van der Waals surface area contributed by atoms with E-state index < -0.39 is 0 Å². The van der Waals surface area contributed by atoms with Crippen molar-refractivity contribution in [3.63, 3.8) is 0 Å². The van der Waals surface area contributed by atoms with E-state index in [1.807, 2.05) is 24.3 Å². The maximum Gasteiger partial charge on any atom is 0.317 e. The Bertz CT molecular complexity index is 577. The van der Waals surface area contributed by atoms with E-state index in [2.05, 4.69) is 20.0 Å². The first-order valence-electron chi connectivity index (χ1n) is 6.78. The highest BCUT2D eigenvalue weighted by atomic mass is 35.5. The summed E-state index contributed by atoms with van der Waals surface area (Å²) < 4.78 is 4.63. The zero-order valence-electron chi connectivity index (χ0n) is 12.2. The fourth-order valence-electron chi connectivity index (χ4n) is 1.67. The highest BCUT2D eigenvalue weighted by Gasteiger charge is 2.10. The van der Waals surface area contributed by atoms with Crippen molar-refractivity contribution < 1.29 is 9.32 Å². The van der Waals surface area contributed by atoms with Gasteiger partial charge < -0.3 is 14.7 Å². The van der Waals surface area contributed by atoms with E-state index in [4.69, 9.17) is 11.6 Å². The lowest BCUT2D eigenvalue weighted by atomic mass is 10.4. The molecule has 1 N–H and O–H groups in total. The monoisotopic (exact) mass is 340 g/mol. The molecular formula is C14H17ClN4O2S. The van der Waals surface area contributed by atoms with E-state index >= 15 is 0 Å². The van der Waals surface area contributed by atoms with Crippen LogP contribution >= 0.6 is 23.4 Å². The fraction of sp³-hybridized carbons (Fsp3) is 0.357. The maximum atomic E-state index is 11.8. The summed E-state index contributed by atoms with van der Waals surface area (Å²) in [5.74, 6) is 1.41. The molecule has 0 spiro atoms. The number of aromatic nitrogens is 2. The van der Waals surface area contributed by atoms with Crippen molar-refractivity contribution >= 4 is 29.4 Å². The molecule has 0 unspecified atom stereocenters. The molecule has 2 amide bonds. The summed E-state index contributed by atoms with van der Waals surface area (Å²) in [5.41, 5.74) is 0. The summed E-state index contributed by atoms with van der Waals surface area (Å²) in [6.07, 6.45) is 2.13. The Morgan fingerprint density at radius 1 is 1.41 bits per heavy atom. The predicted octanol–water partition coefficient (Wildman–Crippen LogP) is 3.05. The molecule has 8 heteroatoms. The first-order valence-corrected chi connectivity index (χ1v) is 8.14. The average molecular weight is 341 g/mol. The molecule has 6 nitrogen and oxygen atoms in total. The minimum Gasteiger partial charge on any atom is -0.343 e. The van der Waals surface area contributed by atoms with Gasteiger partial charge >= 0.3 is 6.03 Å². The molecule has 0 aliphatic rings. The van der Waals surface area contributed by atoms with Crippen molar-refractivity contribution in [2.45, 2.75) is 17.9 Å². The van der Waals surface area contributed by atoms with E-state index in [-0.39, 0.29) is 6.03 Å². The number of halogens is 1. The molecule has 118 valence electrons. The molecule has 1 heterocycles. The Labute approximate surface area is 138 Å². The normalized spacial score (nSPS) is 10.5. The first-order chi connectivity index (χ1) is 10.6. The second-order valence-electron chi connectivity index (χ2n) is 4.59. The molecule has 0 radical (unpaired) electrons. The van der Waals surface area contributed by atoms with Gasteiger partial charge in [0, 0.05) is 23.5 Å². The largest absolute Gasteiger partial charge is 0.343 e. The molecule has 1 aromatic carbocycles. The third-order valence-electron chi connectivity index (χ3n) is 2.81. The lowest BCUT2D eigenvalue weighted by Gasteiger charge is -2.15. The number of nitrogens with zero attached hydrogens (tertiary/aromatic N) is 3. The van der Waals surface area contributed by atoms with Crippen molar-refractivity contribution in [1.29, 1.82) is 0 Å². The van der Waals surface area contributed by atoms with Crippen molar-refractivity contribution in [2.24, 2.45) is 0 Å². The van der Waals surface area contributed by atoms with Crippen LogP contribution in [0.15, 0.2) is 40.1 Å². The summed E-state index contributed by atoms with van der Waals surface area (Å²) in [4.78, 5) is 18.4. The number of amides is 2. The number of urea groups is 1. The molecule has 0 saturated carbocycles. The quantitative estimate of drug-likeness (QED) is 0.619. The van der Waals surface area contributed by atoms with Crippen LogP contribution in [0.5, 0.6) is 0 Å². The predicted molar refractivity (Wildman–Crippen MR) is 86.0 cm³/mol. The van der Waals surface area contributed by atoms with Crippen LogP contribution < -0.4 is 5.32 Å². The third kappa shape index (κ3) is 5.57. The number of thioether (sulfide) groups is 1. The summed E-state index contributed by atoms with van der Waals surface area (Å²) in [5, 5.41) is 7.26. The first kappa shape index (κ1) is 16.6. The van der Waals surface area contributed by atoms with Gasteiger partial charge in [-0.05, 0) is 36.4 Å². The van der Waals surface area contributed by atoms with Crippen LogP contribution in [0.4, 0.5) is 4.79 Å². The zero-order valence-corrected chi connectivity index (χ0v) is 13.7. The highest BCUT2D eigenvalue weighted by Crippen LogP contribution is 2.20. The molecular weight excluding hydrogens is 324 g/mol. The highest BCUT2D eigenvalue weighted by molar-refractivity contribution is 7.99. The van der Waals surface area contributed by atoms with Gasteiger partial charge in [0.15, 0.2) is 5.82 Å². The molecule has 1 aromatic heterocycles. The van der Waals surface area contributed by atoms with E-state index in [0.717, 1.165) is 17.2 Å². The van der Waals surface area contributed by atoms with Gasteiger partial charge in [-0.1, -0.05) is 16.8 Å². The van der Waals surface area contributed by atoms with Crippen molar-refractivity contribution in [2.75, 3.05) is 19.3 Å². The van der Waals surface area contributed by atoms with Crippen LogP contribution in [-0.4, -0.2) is 40.4 Å². The molecule has 2 rings (SSSR count). The number of rotatable bonds is 7. The minimum absolute atomic E-state index is 0.152. The van der Waals surface area contributed by atoms with Gasteiger partial charge in [0.05, 0.1) is 6.54 Å². The Hall–Kier alpha value is -1.73. The van der Waals surface area contributed by atoms with Gasteiger partial charge in [0.25, 0.3) is 0 Å². The van der Waals surface area contributed by atoms with Crippen molar-refractivity contribution in [3.05, 3.63) is 41.5 Å². The molecule has 0 aliphatic heterocycles. The molecule has 0 aliphatic carbocycles. The smallest absolute Gasteiger partial charge is 0.317 e. The second-order valence-corrected chi connectivity index (χ2v) is 6.20. The van der Waals surface area contributed by atoms with E-state index in [1.165, 1.54) is 16.2 Å². The molecule has 0 fully saturated rings. The van der Waals surface area contributed by atoms with Crippen LogP contribution in [-0.2, 0) is 6.54 Å². The molecule has 2 aromatic rings. The lowest BCUT2D eigenvalue weighted by molar-refractivity contribution is 0.205. The SMILES string of the molecule is CN(Cc1ncon1)C(=O)NCCCSc1ccc(Cl)cc1. The Morgan fingerprint density at radius 3 is 2.86 bits per heavy atom. The summed E-state index contributed by atoms with van der Waals surface area (Å²) in [6.45, 7) is 0.942. The number of nitrogens with one attached hydrogen (secondary N) is 1. The van der Waals surface area contributed by atoms with E-state index in [0.29, 0.717) is 18.9 Å². The van der Waals surface area contributed by atoms with Crippen LogP contribution in [0, 0.1) is 0 Å². The summed E-state index contributed by atoms with van der Waals surface area (Å²) in [6, 6.07) is 7.58.